The Balaban J connectivity index is 1.61. The van der Waals surface area contributed by atoms with Crippen molar-refractivity contribution in [2.24, 2.45) is 0 Å². The van der Waals surface area contributed by atoms with Crippen molar-refractivity contribution >= 4 is 34.6 Å². The van der Waals surface area contributed by atoms with Gasteiger partial charge in [0, 0.05) is 63.8 Å². The third-order valence-electron chi connectivity index (χ3n) is 7.02. The van der Waals surface area contributed by atoms with Crippen LogP contribution < -0.4 is 9.80 Å². The minimum Gasteiger partial charge on any atom is -0.379 e. The van der Waals surface area contributed by atoms with Gasteiger partial charge in [-0.3, -0.25) is 4.90 Å². The Kier molecular flexibility index (Phi) is 6.57. The van der Waals surface area contributed by atoms with Gasteiger partial charge in [0.1, 0.15) is 11.5 Å². The van der Waals surface area contributed by atoms with Crippen LogP contribution in [0.5, 0.6) is 0 Å². The number of nitrogens with zero attached hydrogens (tertiary/aromatic N) is 6. The molecule has 5 heterocycles. The van der Waals surface area contributed by atoms with Crippen molar-refractivity contribution in [3.8, 4) is 0 Å². The monoisotopic (exact) mass is 444 g/mol. The first-order valence-corrected chi connectivity index (χ1v) is 13.2. The van der Waals surface area contributed by atoms with E-state index in [4.69, 9.17) is 14.7 Å². The molecule has 2 saturated heterocycles. The third-order valence-corrected chi connectivity index (χ3v) is 8.00. The maximum atomic E-state index is 5.55. The zero-order valence-corrected chi connectivity index (χ0v) is 19.9. The minimum absolute atomic E-state index is 0.856. The van der Waals surface area contributed by atoms with Crippen LogP contribution in [0, 0.1) is 0 Å². The quantitative estimate of drug-likeness (QED) is 0.651. The lowest BCUT2D eigenvalue weighted by Gasteiger charge is -2.27. The largest absolute Gasteiger partial charge is 0.379 e. The summed E-state index contributed by atoms with van der Waals surface area (Å²) in [6, 6.07) is 0. The van der Waals surface area contributed by atoms with Crippen LogP contribution in [-0.2, 0) is 23.5 Å². The normalized spacial score (nSPS) is 19.9. The lowest BCUT2D eigenvalue weighted by molar-refractivity contribution is 0.0364. The molecule has 0 spiro atoms. The van der Waals surface area contributed by atoms with E-state index in [-0.39, 0.29) is 0 Å². The summed E-state index contributed by atoms with van der Waals surface area (Å²) in [5, 5.41) is 1.32. The molecule has 2 aromatic rings. The summed E-state index contributed by atoms with van der Waals surface area (Å²) in [4.78, 5) is 17.8. The van der Waals surface area contributed by atoms with E-state index in [1.165, 1.54) is 40.9 Å². The maximum Gasteiger partial charge on any atom is 0.229 e. The summed E-state index contributed by atoms with van der Waals surface area (Å²) in [7, 11) is 0. The molecule has 7 nitrogen and oxygen atoms in total. The first-order valence-electron chi connectivity index (χ1n) is 12.1. The molecule has 170 valence electrons. The van der Waals surface area contributed by atoms with E-state index < -0.39 is 0 Å². The molecule has 0 atom stereocenters. The number of hydrogen-bond acceptors (Lipinski definition) is 7. The lowest BCUT2D eigenvalue weighted by Crippen LogP contribution is -2.38. The van der Waals surface area contributed by atoms with Crippen LogP contribution in [0.3, 0.4) is 0 Å². The summed E-state index contributed by atoms with van der Waals surface area (Å²) in [5.74, 6) is 4.37. The molecule has 2 aromatic heterocycles. The number of thioether (sulfide) groups is 1. The smallest absolute Gasteiger partial charge is 0.229 e. The van der Waals surface area contributed by atoms with E-state index in [2.05, 4.69) is 44.9 Å². The van der Waals surface area contributed by atoms with Crippen LogP contribution in [0.25, 0.3) is 11.0 Å². The third kappa shape index (κ3) is 4.14. The predicted molar refractivity (Wildman–Crippen MR) is 130 cm³/mol. The average Bonchev–Trinajstić information content (AvgIpc) is 3.46. The first kappa shape index (κ1) is 21.3. The van der Waals surface area contributed by atoms with Crippen molar-refractivity contribution in [2.45, 2.75) is 45.4 Å². The van der Waals surface area contributed by atoms with Gasteiger partial charge in [0.15, 0.2) is 0 Å². The average molecular weight is 445 g/mol. The molecule has 0 bridgehead atoms. The number of morpholine rings is 1. The summed E-state index contributed by atoms with van der Waals surface area (Å²) >= 11 is 2.05. The van der Waals surface area contributed by atoms with Gasteiger partial charge in [0.25, 0.3) is 0 Å². The Morgan fingerprint density at radius 2 is 1.77 bits per heavy atom. The highest BCUT2D eigenvalue weighted by Crippen LogP contribution is 2.39. The van der Waals surface area contributed by atoms with Gasteiger partial charge in [-0.2, -0.15) is 21.7 Å². The van der Waals surface area contributed by atoms with Crippen LogP contribution in [0.4, 0.5) is 11.8 Å². The van der Waals surface area contributed by atoms with E-state index >= 15 is 0 Å². The Morgan fingerprint density at radius 1 is 1.00 bits per heavy atom. The second kappa shape index (κ2) is 9.55. The van der Waals surface area contributed by atoms with Crippen LogP contribution in [0.15, 0.2) is 0 Å². The molecule has 8 heteroatoms. The molecule has 0 aliphatic carbocycles. The molecular weight excluding hydrogens is 408 g/mol. The number of aromatic nitrogens is 3. The van der Waals surface area contributed by atoms with Crippen molar-refractivity contribution in [3.63, 3.8) is 0 Å². The highest BCUT2D eigenvalue weighted by molar-refractivity contribution is 7.98. The summed E-state index contributed by atoms with van der Waals surface area (Å²) in [5.41, 5.74) is 4.16. The second-order valence-corrected chi connectivity index (χ2v) is 9.85. The van der Waals surface area contributed by atoms with Gasteiger partial charge in [0.2, 0.25) is 5.95 Å². The molecule has 0 amide bonds. The van der Waals surface area contributed by atoms with Gasteiger partial charge in [-0.05, 0) is 44.4 Å². The number of rotatable bonds is 7. The van der Waals surface area contributed by atoms with Crippen LogP contribution in [0.1, 0.15) is 37.9 Å². The standard InChI is InChI=1S/C23H36N6OS/c1-3-27(4-2)21-20-18-17-31-16-7-19(18)29(11-10-26-12-14-30-15-13-26)22(20)25-23(24-21)28-8-5-6-9-28/h3-17H2,1-2H3. The number of hydrogen-bond donors (Lipinski definition) is 0. The predicted octanol–water partition coefficient (Wildman–Crippen LogP) is 3.00. The Bertz CT molecular complexity index is 899. The molecule has 5 rings (SSSR count). The van der Waals surface area contributed by atoms with E-state index in [1.54, 1.807) is 0 Å². The summed E-state index contributed by atoms with van der Waals surface area (Å²) in [6.07, 6.45) is 3.62. The van der Waals surface area contributed by atoms with Crippen molar-refractivity contribution in [3.05, 3.63) is 11.3 Å². The number of ether oxygens (including phenoxy) is 1. The number of fused-ring (bicyclic) bond motifs is 3. The molecular formula is C23H36N6OS. The van der Waals surface area contributed by atoms with Crippen molar-refractivity contribution in [1.82, 2.24) is 19.4 Å². The first-order chi connectivity index (χ1) is 15.3. The zero-order chi connectivity index (χ0) is 21.2. The van der Waals surface area contributed by atoms with Gasteiger partial charge >= 0.3 is 0 Å². The lowest BCUT2D eigenvalue weighted by atomic mass is 10.1. The topological polar surface area (TPSA) is 49.7 Å². The maximum absolute atomic E-state index is 5.55. The highest BCUT2D eigenvalue weighted by Gasteiger charge is 2.28. The van der Waals surface area contributed by atoms with E-state index in [0.717, 1.165) is 89.5 Å². The SMILES string of the molecule is CCN(CC)c1nc(N2CCCC2)nc2c1c1c(n2CCN2CCOCC2)CCSC1. The van der Waals surface area contributed by atoms with Gasteiger partial charge in [-0.1, -0.05) is 0 Å². The molecule has 0 N–H and O–H groups in total. The van der Waals surface area contributed by atoms with Gasteiger partial charge in [0.05, 0.1) is 18.6 Å². The molecule has 3 aliphatic rings. The fourth-order valence-electron chi connectivity index (χ4n) is 5.23. The molecule has 31 heavy (non-hydrogen) atoms. The Labute approximate surface area is 190 Å². The number of anilines is 2. The van der Waals surface area contributed by atoms with Crippen molar-refractivity contribution < 1.29 is 4.74 Å². The van der Waals surface area contributed by atoms with E-state index in [1.807, 2.05) is 0 Å². The second-order valence-electron chi connectivity index (χ2n) is 8.75. The van der Waals surface area contributed by atoms with Crippen molar-refractivity contribution in [1.29, 1.82) is 0 Å². The van der Waals surface area contributed by atoms with Crippen LogP contribution in [0.2, 0.25) is 0 Å². The van der Waals surface area contributed by atoms with E-state index in [9.17, 15) is 0 Å². The molecule has 3 aliphatic heterocycles. The van der Waals surface area contributed by atoms with Gasteiger partial charge < -0.3 is 19.1 Å². The molecule has 0 aromatic carbocycles. The summed E-state index contributed by atoms with van der Waals surface area (Å²) in [6.45, 7) is 14.4. The van der Waals surface area contributed by atoms with Gasteiger partial charge in [-0.15, -0.1) is 0 Å². The molecule has 0 radical (unpaired) electrons. The molecule has 0 saturated carbocycles. The Hall–Kier alpha value is -1.51. The van der Waals surface area contributed by atoms with E-state index in [0.29, 0.717) is 0 Å². The van der Waals surface area contributed by atoms with Crippen LogP contribution in [-0.4, -0.2) is 84.2 Å². The highest BCUT2D eigenvalue weighted by atomic mass is 32.2. The Morgan fingerprint density at radius 3 is 2.52 bits per heavy atom. The van der Waals surface area contributed by atoms with Crippen LogP contribution >= 0.6 is 11.8 Å². The molecule has 0 unspecified atom stereocenters. The molecule has 2 fully saturated rings. The minimum atomic E-state index is 0.856. The summed E-state index contributed by atoms with van der Waals surface area (Å²) < 4.78 is 8.10. The van der Waals surface area contributed by atoms with Crippen molar-refractivity contribution in [2.75, 3.05) is 74.6 Å². The zero-order valence-electron chi connectivity index (χ0n) is 19.1. The fraction of sp³-hybridized carbons (Fsp3) is 0.739. The van der Waals surface area contributed by atoms with Gasteiger partial charge in [-0.25, -0.2) is 0 Å². The fourth-order valence-corrected chi connectivity index (χ4v) is 6.23.